The van der Waals surface area contributed by atoms with Crippen molar-refractivity contribution in [3.8, 4) is 0 Å². The van der Waals surface area contributed by atoms with Crippen molar-refractivity contribution in [1.29, 1.82) is 0 Å². The van der Waals surface area contributed by atoms with Crippen molar-refractivity contribution in [2.45, 2.75) is 64.2 Å². The predicted molar refractivity (Wildman–Crippen MR) is 86.6 cm³/mol. The quantitative estimate of drug-likeness (QED) is 0.906. The number of ether oxygens (including phenoxy) is 1. The number of likely N-dealkylation sites (tertiary alicyclic amines) is 1. The van der Waals surface area contributed by atoms with Gasteiger partial charge in [0.1, 0.15) is 11.2 Å². The average molecular weight is 305 g/mol. The Morgan fingerprint density at radius 3 is 2.41 bits per heavy atom. The van der Waals surface area contributed by atoms with E-state index in [4.69, 9.17) is 4.74 Å². The Morgan fingerprint density at radius 1 is 1.18 bits per heavy atom. The number of carbonyl (C=O) groups is 1. The zero-order chi connectivity index (χ0) is 16.4. The Balaban J connectivity index is 2.24. The van der Waals surface area contributed by atoms with Crippen LogP contribution in [0.3, 0.4) is 0 Å². The first-order valence-corrected chi connectivity index (χ1v) is 7.99. The van der Waals surface area contributed by atoms with E-state index < -0.39 is 11.2 Å². The summed E-state index contributed by atoms with van der Waals surface area (Å²) >= 11 is 0. The lowest BCUT2D eigenvalue weighted by atomic mass is 9.82. The van der Waals surface area contributed by atoms with E-state index in [1.807, 2.05) is 51.1 Å². The minimum absolute atomic E-state index is 0.265. The van der Waals surface area contributed by atoms with E-state index in [9.17, 15) is 9.90 Å². The van der Waals surface area contributed by atoms with Crippen LogP contribution >= 0.6 is 0 Å². The predicted octanol–water partition coefficient (Wildman–Crippen LogP) is 3.68. The first-order chi connectivity index (χ1) is 10.2. The van der Waals surface area contributed by atoms with Gasteiger partial charge in [-0.1, -0.05) is 30.3 Å². The second kappa shape index (κ2) is 6.29. The maximum Gasteiger partial charge on any atom is 0.410 e. The lowest BCUT2D eigenvalue weighted by molar-refractivity contribution is -0.0626. The van der Waals surface area contributed by atoms with Gasteiger partial charge in [-0.2, -0.15) is 0 Å². The molecule has 22 heavy (non-hydrogen) atoms. The molecule has 1 aromatic carbocycles. The summed E-state index contributed by atoms with van der Waals surface area (Å²) in [5.74, 6) is 0. The van der Waals surface area contributed by atoms with Crippen LogP contribution in [0.15, 0.2) is 30.3 Å². The normalized spacial score (nSPS) is 22.0. The summed E-state index contributed by atoms with van der Waals surface area (Å²) in [7, 11) is 0. The summed E-state index contributed by atoms with van der Waals surface area (Å²) < 4.78 is 5.51. The highest BCUT2D eigenvalue weighted by molar-refractivity contribution is 5.69. The monoisotopic (exact) mass is 305 g/mol. The number of nitrogens with zero attached hydrogens (tertiary/aromatic N) is 1. The van der Waals surface area contributed by atoms with Crippen LogP contribution in [0.2, 0.25) is 0 Å². The largest absolute Gasteiger partial charge is 0.444 e. The van der Waals surface area contributed by atoms with Crippen molar-refractivity contribution in [1.82, 2.24) is 4.90 Å². The van der Waals surface area contributed by atoms with Crippen LogP contribution in [-0.4, -0.2) is 34.3 Å². The molecule has 1 heterocycles. The van der Waals surface area contributed by atoms with Gasteiger partial charge in [0.15, 0.2) is 0 Å². The topological polar surface area (TPSA) is 49.8 Å². The Labute approximate surface area is 133 Å². The van der Waals surface area contributed by atoms with Crippen molar-refractivity contribution in [3.05, 3.63) is 35.9 Å². The summed E-state index contributed by atoms with van der Waals surface area (Å²) in [6.07, 6.45) is 2.39. The fourth-order valence-electron chi connectivity index (χ4n) is 3.02. The third-order valence-corrected chi connectivity index (χ3v) is 4.14. The lowest BCUT2D eigenvalue weighted by Gasteiger charge is -2.44. The Morgan fingerprint density at radius 2 is 1.82 bits per heavy atom. The molecule has 1 N–H and O–H groups in total. The zero-order valence-corrected chi connectivity index (χ0v) is 14.0. The molecule has 1 amide bonds. The molecule has 2 atom stereocenters. The number of rotatable bonds is 2. The van der Waals surface area contributed by atoms with E-state index in [0.717, 1.165) is 24.8 Å². The number of benzene rings is 1. The molecule has 0 spiro atoms. The zero-order valence-electron chi connectivity index (χ0n) is 14.0. The van der Waals surface area contributed by atoms with Gasteiger partial charge in [-0.15, -0.1) is 0 Å². The molecule has 0 radical (unpaired) electrons. The highest BCUT2D eigenvalue weighted by Gasteiger charge is 2.42. The summed E-state index contributed by atoms with van der Waals surface area (Å²) in [6.45, 7) is 8.00. The van der Waals surface area contributed by atoms with Crippen molar-refractivity contribution in [3.63, 3.8) is 0 Å². The Bertz CT molecular complexity index is 505. The molecule has 2 rings (SSSR count). The number of carbonyl (C=O) groups excluding carboxylic acids is 1. The molecule has 1 fully saturated rings. The first kappa shape index (κ1) is 16.8. The molecule has 4 heteroatoms. The van der Waals surface area contributed by atoms with Gasteiger partial charge in [-0.05, 0) is 52.5 Å². The van der Waals surface area contributed by atoms with Crippen LogP contribution in [0.5, 0.6) is 0 Å². The van der Waals surface area contributed by atoms with E-state index in [1.165, 1.54) is 0 Å². The fraction of sp³-hybridized carbons (Fsp3) is 0.611. The van der Waals surface area contributed by atoms with Crippen LogP contribution in [-0.2, 0) is 10.3 Å². The van der Waals surface area contributed by atoms with Gasteiger partial charge in [0.25, 0.3) is 0 Å². The highest BCUT2D eigenvalue weighted by Crippen LogP contribution is 2.34. The van der Waals surface area contributed by atoms with Crippen LogP contribution < -0.4 is 0 Å². The first-order valence-electron chi connectivity index (χ1n) is 7.99. The molecule has 4 nitrogen and oxygen atoms in total. The lowest BCUT2D eigenvalue weighted by Crippen LogP contribution is -2.55. The SMILES string of the molecule is CC(C)(C)OC(=O)N1CCCC[C@H]1[C@](C)(O)c1ccccc1. The minimum Gasteiger partial charge on any atom is -0.444 e. The molecule has 122 valence electrons. The number of hydrogen-bond donors (Lipinski definition) is 1. The second-order valence-electron chi connectivity index (χ2n) is 7.20. The van der Waals surface area contributed by atoms with E-state index in [-0.39, 0.29) is 12.1 Å². The molecule has 0 aliphatic carbocycles. The molecule has 1 aliphatic rings. The maximum atomic E-state index is 12.5. The van der Waals surface area contributed by atoms with Crippen molar-refractivity contribution in [2.75, 3.05) is 6.54 Å². The summed E-state index contributed by atoms with van der Waals surface area (Å²) in [6, 6.07) is 9.28. The summed E-state index contributed by atoms with van der Waals surface area (Å²) in [5, 5.41) is 11.1. The van der Waals surface area contributed by atoms with Gasteiger partial charge in [0.2, 0.25) is 0 Å². The third-order valence-electron chi connectivity index (χ3n) is 4.14. The second-order valence-corrected chi connectivity index (χ2v) is 7.20. The fourth-order valence-corrected chi connectivity index (χ4v) is 3.02. The van der Waals surface area contributed by atoms with Gasteiger partial charge in [0.05, 0.1) is 6.04 Å². The highest BCUT2D eigenvalue weighted by atomic mass is 16.6. The number of amides is 1. The van der Waals surface area contributed by atoms with Gasteiger partial charge < -0.3 is 14.7 Å². The van der Waals surface area contributed by atoms with Gasteiger partial charge >= 0.3 is 6.09 Å². The van der Waals surface area contributed by atoms with Crippen molar-refractivity contribution < 1.29 is 14.6 Å². The smallest absolute Gasteiger partial charge is 0.410 e. The number of piperidine rings is 1. The molecular formula is C18H27NO3. The van der Waals surface area contributed by atoms with E-state index in [0.29, 0.717) is 6.54 Å². The number of aliphatic hydroxyl groups is 1. The average Bonchev–Trinajstić information content (AvgIpc) is 2.46. The van der Waals surface area contributed by atoms with Crippen LogP contribution in [0.1, 0.15) is 52.5 Å². The third kappa shape index (κ3) is 3.80. The van der Waals surface area contributed by atoms with E-state index in [2.05, 4.69) is 0 Å². The standard InChI is InChI=1S/C18H27NO3/c1-17(2,3)22-16(20)19-13-9-8-12-15(19)18(4,21)14-10-6-5-7-11-14/h5-7,10-11,15,21H,8-9,12-13H2,1-4H3/t15-,18+/m0/s1. The molecule has 0 aromatic heterocycles. The number of hydrogen-bond acceptors (Lipinski definition) is 3. The Hall–Kier alpha value is -1.55. The maximum absolute atomic E-state index is 12.5. The van der Waals surface area contributed by atoms with Gasteiger partial charge in [-0.3, -0.25) is 0 Å². The summed E-state index contributed by atoms with van der Waals surface area (Å²) in [5.41, 5.74) is -0.786. The molecule has 0 bridgehead atoms. The Kier molecular flexibility index (Phi) is 4.81. The summed E-state index contributed by atoms with van der Waals surface area (Å²) in [4.78, 5) is 14.2. The van der Waals surface area contributed by atoms with E-state index >= 15 is 0 Å². The van der Waals surface area contributed by atoms with Crippen molar-refractivity contribution >= 4 is 6.09 Å². The molecule has 1 aromatic rings. The van der Waals surface area contributed by atoms with Crippen LogP contribution in [0.4, 0.5) is 4.79 Å². The molecular weight excluding hydrogens is 278 g/mol. The molecule has 0 unspecified atom stereocenters. The van der Waals surface area contributed by atoms with Crippen molar-refractivity contribution in [2.24, 2.45) is 0 Å². The minimum atomic E-state index is -1.08. The van der Waals surface area contributed by atoms with Crippen LogP contribution in [0.25, 0.3) is 0 Å². The molecule has 1 saturated heterocycles. The molecule has 0 saturated carbocycles. The van der Waals surface area contributed by atoms with Crippen LogP contribution in [0, 0.1) is 0 Å². The molecule has 1 aliphatic heterocycles. The van der Waals surface area contributed by atoms with Gasteiger partial charge in [0, 0.05) is 6.54 Å². The van der Waals surface area contributed by atoms with Gasteiger partial charge in [-0.25, -0.2) is 4.79 Å². The van der Waals surface area contributed by atoms with E-state index in [1.54, 1.807) is 11.8 Å².